The van der Waals surface area contributed by atoms with E-state index in [2.05, 4.69) is 86.7 Å². The minimum atomic E-state index is -0.166. The Morgan fingerprint density at radius 2 is 1.55 bits per heavy atom. The molecule has 33 heavy (non-hydrogen) atoms. The summed E-state index contributed by atoms with van der Waals surface area (Å²) < 4.78 is 6.00. The first-order chi connectivity index (χ1) is 16.1. The Bertz CT molecular complexity index is 1230. The molecule has 2 heterocycles. The molecule has 3 aliphatic rings. The fourth-order valence-corrected chi connectivity index (χ4v) is 6.08. The maximum Gasteiger partial charge on any atom is 0.410 e. The summed E-state index contributed by atoms with van der Waals surface area (Å²) in [5.74, 6) is 0.102. The van der Waals surface area contributed by atoms with Crippen LogP contribution in [0, 0.1) is 13.8 Å². The molecule has 2 unspecified atom stereocenters. The Morgan fingerprint density at radius 1 is 0.879 bits per heavy atom. The van der Waals surface area contributed by atoms with Crippen molar-refractivity contribution in [3.63, 3.8) is 0 Å². The fraction of sp³-hybridized carbons (Fsp3) is 0.300. The van der Waals surface area contributed by atoms with Gasteiger partial charge in [-0.3, -0.25) is 4.90 Å². The summed E-state index contributed by atoms with van der Waals surface area (Å²) in [6.07, 6.45) is 5.11. The number of carbonyl (C=O) groups is 1. The highest BCUT2D eigenvalue weighted by molar-refractivity contribution is 5.79. The van der Waals surface area contributed by atoms with Gasteiger partial charge in [-0.15, -0.1) is 0 Å². The summed E-state index contributed by atoms with van der Waals surface area (Å²) in [6, 6.07) is 23.9. The number of hydrogen-bond acceptors (Lipinski definition) is 2. The van der Waals surface area contributed by atoms with E-state index in [4.69, 9.17) is 4.74 Å². The molecule has 2 atom stereocenters. The second-order valence-corrected chi connectivity index (χ2v) is 9.65. The number of fused-ring (bicyclic) bond motifs is 5. The van der Waals surface area contributed by atoms with Crippen molar-refractivity contribution in [3.8, 4) is 11.1 Å². The van der Waals surface area contributed by atoms with Crippen molar-refractivity contribution in [1.82, 2.24) is 4.90 Å². The SMILES string of the molecule is Cc1cccc(C2=CC3CCC(C2)N3C(=O)OCC2c3ccccc3-c3ccccc32)c1C. The number of amides is 1. The third-order valence-electron chi connectivity index (χ3n) is 7.89. The standard InChI is InChI=1S/C30H29NO2/c1-19-8-7-13-24(20(19)2)21-16-22-14-15-23(17-21)31(22)30(32)33-18-29-27-11-5-3-9-25(27)26-10-4-6-12-28(26)29/h3-13,16,22-23,29H,14-15,17-18H2,1-2H3. The molecule has 3 aromatic carbocycles. The van der Waals surface area contributed by atoms with E-state index in [0.717, 1.165) is 19.3 Å². The predicted molar refractivity (Wildman–Crippen MR) is 132 cm³/mol. The van der Waals surface area contributed by atoms with Gasteiger partial charge < -0.3 is 4.74 Å². The molecule has 2 bridgehead atoms. The molecule has 0 spiro atoms. The highest BCUT2D eigenvalue weighted by atomic mass is 16.6. The Kier molecular flexibility index (Phi) is 4.86. The third kappa shape index (κ3) is 3.30. The molecule has 3 aromatic rings. The summed E-state index contributed by atoms with van der Waals surface area (Å²) in [6.45, 7) is 4.75. The molecular weight excluding hydrogens is 406 g/mol. The van der Waals surface area contributed by atoms with Crippen LogP contribution in [0.5, 0.6) is 0 Å². The fourth-order valence-electron chi connectivity index (χ4n) is 6.08. The molecule has 1 saturated heterocycles. The van der Waals surface area contributed by atoms with E-state index in [1.54, 1.807) is 0 Å². The minimum Gasteiger partial charge on any atom is -0.448 e. The van der Waals surface area contributed by atoms with Gasteiger partial charge in [0.25, 0.3) is 0 Å². The lowest BCUT2D eigenvalue weighted by atomic mass is 9.90. The van der Waals surface area contributed by atoms with Crippen molar-refractivity contribution < 1.29 is 9.53 Å². The Hall–Kier alpha value is -3.33. The number of benzene rings is 3. The summed E-state index contributed by atoms with van der Waals surface area (Å²) in [7, 11) is 0. The maximum absolute atomic E-state index is 13.3. The lowest BCUT2D eigenvalue weighted by Gasteiger charge is -2.34. The Morgan fingerprint density at radius 3 is 2.24 bits per heavy atom. The van der Waals surface area contributed by atoms with Crippen molar-refractivity contribution in [3.05, 3.63) is 101 Å². The van der Waals surface area contributed by atoms with Crippen LogP contribution >= 0.6 is 0 Å². The number of hydrogen-bond donors (Lipinski definition) is 0. The maximum atomic E-state index is 13.3. The van der Waals surface area contributed by atoms with Gasteiger partial charge >= 0.3 is 6.09 Å². The smallest absolute Gasteiger partial charge is 0.410 e. The van der Waals surface area contributed by atoms with Gasteiger partial charge in [-0.25, -0.2) is 4.79 Å². The molecule has 2 aliphatic heterocycles. The number of ether oxygens (including phenoxy) is 1. The first-order valence-electron chi connectivity index (χ1n) is 12.0. The lowest BCUT2D eigenvalue weighted by molar-refractivity contribution is 0.0866. The minimum absolute atomic E-state index is 0.102. The highest BCUT2D eigenvalue weighted by Crippen LogP contribution is 2.45. The van der Waals surface area contributed by atoms with Crippen LogP contribution in [0.1, 0.15) is 53.0 Å². The number of aryl methyl sites for hydroxylation is 1. The molecule has 0 radical (unpaired) electrons. The Labute approximate surface area is 195 Å². The molecule has 0 aromatic heterocycles. The van der Waals surface area contributed by atoms with E-state index in [0.29, 0.717) is 6.61 Å². The van der Waals surface area contributed by atoms with Crippen LogP contribution < -0.4 is 0 Å². The molecule has 166 valence electrons. The van der Waals surface area contributed by atoms with Crippen LogP contribution in [-0.2, 0) is 4.74 Å². The van der Waals surface area contributed by atoms with Crippen LogP contribution in [0.4, 0.5) is 4.79 Å². The van der Waals surface area contributed by atoms with Gasteiger partial charge in [-0.1, -0.05) is 72.8 Å². The van der Waals surface area contributed by atoms with Crippen LogP contribution in [-0.4, -0.2) is 29.7 Å². The first kappa shape index (κ1) is 20.3. The predicted octanol–water partition coefficient (Wildman–Crippen LogP) is 6.87. The van der Waals surface area contributed by atoms with Crippen molar-refractivity contribution in [2.24, 2.45) is 0 Å². The largest absolute Gasteiger partial charge is 0.448 e. The Balaban J connectivity index is 1.21. The summed E-state index contributed by atoms with van der Waals surface area (Å²) in [5.41, 5.74) is 10.4. The van der Waals surface area contributed by atoms with E-state index in [1.807, 2.05) is 4.90 Å². The molecule has 3 nitrogen and oxygen atoms in total. The molecule has 1 amide bonds. The van der Waals surface area contributed by atoms with Gasteiger partial charge in [0.1, 0.15) is 6.61 Å². The van der Waals surface area contributed by atoms with Gasteiger partial charge in [0.2, 0.25) is 0 Å². The monoisotopic (exact) mass is 435 g/mol. The summed E-state index contributed by atoms with van der Waals surface area (Å²) in [5, 5.41) is 0. The van der Waals surface area contributed by atoms with Crippen molar-refractivity contribution in [2.45, 2.75) is 51.1 Å². The van der Waals surface area contributed by atoms with E-state index in [9.17, 15) is 4.79 Å². The van der Waals surface area contributed by atoms with Crippen molar-refractivity contribution in [2.75, 3.05) is 6.61 Å². The summed E-state index contributed by atoms with van der Waals surface area (Å²) >= 11 is 0. The van der Waals surface area contributed by atoms with Gasteiger partial charge in [0.15, 0.2) is 0 Å². The zero-order valence-electron chi connectivity index (χ0n) is 19.3. The van der Waals surface area contributed by atoms with Gasteiger partial charge in [-0.05, 0) is 77.6 Å². The topological polar surface area (TPSA) is 29.5 Å². The zero-order chi connectivity index (χ0) is 22.5. The number of carbonyl (C=O) groups excluding carboxylic acids is 1. The normalized spacial score (nSPS) is 20.9. The average Bonchev–Trinajstić information content (AvgIpc) is 3.30. The van der Waals surface area contributed by atoms with Crippen molar-refractivity contribution in [1.29, 1.82) is 0 Å². The molecule has 1 aliphatic carbocycles. The number of nitrogens with zero attached hydrogens (tertiary/aromatic N) is 1. The quantitative estimate of drug-likeness (QED) is 0.449. The molecule has 3 heteroatoms. The van der Waals surface area contributed by atoms with E-state index in [1.165, 1.54) is 44.5 Å². The van der Waals surface area contributed by atoms with E-state index < -0.39 is 0 Å². The molecule has 0 N–H and O–H groups in total. The molecule has 0 saturated carbocycles. The molecular formula is C30H29NO2. The van der Waals surface area contributed by atoms with Gasteiger partial charge in [0, 0.05) is 12.0 Å². The highest BCUT2D eigenvalue weighted by Gasteiger charge is 2.41. The molecule has 6 rings (SSSR count). The second-order valence-electron chi connectivity index (χ2n) is 9.65. The van der Waals surface area contributed by atoms with E-state index >= 15 is 0 Å². The number of rotatable bonds is 3. The second kappa shape index (κ2) is 7.91. The van der Waals surface area contributed by atoms with Gasteiger partial charge in [0.05, 0.1) is 6.04 Å². The zero-order valence-corrected chi connectivity index (χ0v) is 19.3. The van der Waals surface area contributed by atoms with Crippen molar-refractivity contribution >= 4 is 11.7 Å². The lowest BCUT2D eigenvalue weighted by Crippen LogP contribution is -2.43. The summed E-state index contributed by atoms with van der Waals surface area (Å²) in [4.78, 5) is 15.3. The van der Waals surface area contributed by atoms with Gasteiger partial charge in [-0.2, -0.15) is 0 Å². The van der Waals surface area contributed by atoms with Crippen LogP contribution in [0.15, 0.2) is 72.8 Å². The third-order valence-corrected chi connectivity index (χ3v) is 7.89. The van der Waals surface area contributed by atoms with Crippen LogP contribution in [0.25, 0.3) is 16.7 Å². The molecule has 1 fully saturated rings. The average molecular weight is 436 g/mol. The van der Waals surface area contributed by atoms with Crippen LogP contribution in [0.3, 0.4) is 0 Å². The van der Waals surface area contributed by atoms with Crippen LogP contribution in [0.2, 0.25) is 0 Å². The first-order valence-corrected chi connectivity index (χ1v) is 12.0. The van der Waals surface area contributed by atoms with E-state index in [-0.39, 0.29) is 24.1 Å².